The highest BCUT2D eigenvalue weighted by Crippen LogP contribution is 2.39. The van der Waals surface area contributed by atoms with E-state index in [1.807, 2.05) is 29.6 Å². The van der Waals surface area contributed by atoms with Gasteiger partial charge in [0.15, 0.2) is 6.61 Å². The van der Waals surface area contributed by atoms with Gasteiger partial charge >= 0.3 is 12.0 Å². The molecule has 3 amide bonds. The predicted octanol–water partition coefficient (Wildman–Crippen LogP) is 2.73. The number of urea groups is 1. The maximum atomic E-state index is 12.0. The lowest BCUT2D eigenvalue weighted by atomic mass is 10.2. The molecule has 0 saturated carbocycles. The standard InChI is InChI=1S/C15H12N2O4S2/c1-16-15(20)17-12(18)7-21-14(19)11-6-10-13(23-11)8-4-2-3-5-9(8)22-10/h2-6H,7H2,1H3,(H2,16,17,18,20). The van der Waals surface area contributed by atoms with Crippen molar-refractivity contribution < 1.29 is 19.1 Å². The zero-order chi connectivity index (χ0) is 16.4. The van der Waals surface area contributed by atoms with Crippen LogP contribution in [0.5, 0.6) is 0 Å². The number of nitrogens with one attached hydrogen (secondary N) is 2. The van der Waals surface area contributed by atoms with E-state index in [1.54, 1.807) is 17.4 Å². The van der Waals surface area contributed by atoms with Crippen molar-refractivity contribution in [1.82, 2.24) is 10.6 Å². The van der Waals surface area contributed by atoms with E-state index in [4.69, 9.17) is 4.74 Å². The van der Waals surface area contributed by atoms with E-state index in [1.165, 1.54) is 23.1 Å². The lowest BCUT2D eigenvalue weighted by molar-refractivity contribution is -0.123. The second kappa shape index (κ2) is 6.35. The molecule has 118 valence electrons. The van der Waals surface area contributed by atoms with Crippen LogP contribution in [-0.4, -0.2) is 31.6 Å². The third-order valence-corrected chi connectivity index (χ3v) is 5.46. The fourth-order valence-electron chi connectivity index (χ4n) is 2.03. The molecule has 6 nitrogen and oxygen atoms in total. The first kappa shape index (κ1) is 15.4. The number of esters is 1. The summed E-state index contributed by atoms with van der Waals surface area (Å²) in [4.78, 5) is 34.8. The second-order valence-corrected chi connectivity index (χ2v) is 6.74. The van der Waals surface area contributed by atoms with Crippen molar-refractivity contribution in [2.45, 2.75) is 0 Å². The van der Waals surface area contributed by atoms with E-state index in [2.05, 4.69) is 5.32 Å². The quantitative estimate of drug-likeness (QED) is 0.713. The fourth-order valence-corrected chi connectivity index (χ4v) is 4.45. The number of rotatable bonds is 3. The van der Waals surface area contributed by atoms with Gasteiger partial charge in [0.1, 0.15) is 4.88 Å². The van der Waals surface area contributed by atoms with Gasteiger partial charge in [0.05, 0.1) is 4.70 Å². The van der Waals surface area contributed by atoms with Crippen LogP contribution in [0.4, 0.5) is 4.79 Å². The second-order valence-electron chi connectivity index (χ2n) is 4.61. The Bertz CT molecular complexity index is 913. The minimum absolute atomic E-state index is 0.435. The van der Waals surface area contributed by atoms with Gasteiger partial charge in [0.2, 0.25) is 0 Å². The lowest BCUT2D eigenvalue weighted by Gasteiger charge is -2.03. The SMILES string of the molecule is CNC(=O)NC(=O)COC(=O)c1cc2sc3ccccc3c2s1. The summed E-state index contributed by atoms with van der Waals surface area (Å²) >= 11 is 2.94. The van der Waals surface area contributed by atoms with Gasteiger partial charge in [-0.2, -0.15) is 0 Å². The maximum absolute atomic E-state index is 12.0. The number of hydrogen-bond donors (Lipinski definition) is 2. The molecule has 0 atom stereocenters. The van der Waals surface area contributed by atoms with E-state index in [0.29, 0.717) is 4.88 Å². The molecule has 23 heavy (non-hydrogen) atoms. The van der Waals surface area contributed by atoms with Crippen LogP contribution >= 0.6 is 22.7 Å². The average Bonchev–Trinajstić information content (AvgIpc) is 3.10. The number of fused-ring (bicyclic) bond motifs is 3. The Labute approximate surface area is 139 Å². The molecule has 0 unspecified atom stereocenters. The number of hydrogen-bond acceptors (Lipinski definition) is 6. The summed E-state index contributed by atoms with van der Waals surface area (Å²) in [5.74, 6) is -1.25. The maximum Gasteiger partial charge on any atom is 0.348 e. The number of carbonyl (C=O) groups is 3. The van der Waals surface area contributed by atoms with Gasteiger partial charge in [-0.15, -0.1) is 22.7 Å². The molecule has 0 aliphatic rings. The zero-order valence-corrected chi connectivity index (χ0v) is 13.7. The Morgan fingerprint density at radius 1 is 1.13 bits per heavy atom. The van der Waals surface area contributed by atoms with E-state index >= 15 is 0 Å². The predicted molar refractivity (Wildman–Crippen MR) is 90.1 cm³/mol. The van der Waals surface area contributed by atoms with Crippen molar-refractivity contribution in [2.24, 2.45) is 0 Å². The van der Waals surface area contributed by atoms with Crippen LogP contribution in [-0.2, 0) is 9.53 Å². The van der Waals surface area contributed by atoms with Crippen LogP contribution in [0.3, 0.4) is 0 Å². The number of amides is 3. The van der Waals surface area contributed by atoms with Gasteiger partial charge in [-0.3, -0.25) is 10.1 Å². The molecular formula is C15H12N2O4S2. The molecule has 2 heterocycles. The number of carbonyl (C=O) groups excluding carboxylic acids is 3. The summed E-state index contributed by atoms with van der Waals surface area (Å²) in [7, 11) is 1.39. The molecule has 0 spiro atoms. The van der Waals surface area contributed by atoms with E-state index in [-0.39, 0.29) is 0 Å². The Morgan fingerprint density at radius 3 is 2.70 bits per heavy atom. The van der Waals surface area contributed by atoms with Crippen LogP contribution in [0.1, 0.15) is 9.67 Å². The van der Waals surface area contributed by atoms with Crippen molar-refractivity contribution in [3.05, 3.63) is 35.2 Å². The summed E-state index contributed by atoms with van der Waals surface area (Å²) < 4.78 is 8.14. The van der Waals surface area contributed by atoms with Crippen LogP contribution in [0, 0.1) is 0 Å². The first-order chi connectivity index (χ1) is 11.1. The Kier molecular flexibility index (Phi) is 4.26. The molecular weight excluding hydrogens is 336 g/mol. The van der Waals surface area contributed by atoms with Gasteiger partial charge in [-0.25, -0.2) is 9.59 Å². The molecule has 2 aromatic heterocycles. The molecule has 8 heteroatoms. The first-order valence-electron chi connectivity index (χ1n) is 6.68. The smallest absolute Gasteiger partial charge is 0.348 e. The van der Waals surface area contributed by atoms with E-state index < -0.39 is 24.5 Å². The summed E-state index contributed by atoms with van der Waals surface area (Å²) in [6, 6.07) is 9.10. The topological polar surface area (TPSA) is 84.5 Å². The average molecular weight is 348 g/mol. The Balaban J connectivity index is 1.71. The molecule has 0 saturated heterocycles. The summed E-state index contributed by atoms with van der Waals surface area (Å²) in [5, 5.41) is 5.37. The van der Waals surface area contributed by atoms with E-state index in [0.717, 1.165) is 14.8 Å². The molecule has 0 bridgehead atoms. The molecule has 0 fully saturated rings. The monoisotopic (exact) mass is 348 g/mol. The molecule has 2 N–H and O–H groups in total. The number of benzene rings is 1. The number of ether oxygens (including phenoxy) is 1. The highest BCUT2D eigenvalue weighted by Gasteiger charge is 2.17. The van der Waals surface area contributed by atoms with Gasteiger partial charge in [0, 0.05) is 21.8 Å². The fraction of sp³-hybridized carbons (Fsp3) is 0.133. The van der Waals surface area contributed by atoms with Gasteiger partial charge in [-0.05, 0) is 12.1 Å². The van der Waals surface area contributed by atoms with Gasteiger partial charge in [0.25, 0.3) is 5.91 Å². The largest absolute Gasteiger partial charge is 0.451 e. The molecule has 0 aliphatic carbocycles. The van der Waals surface area contributed by atoms with Crippen molar-refractivity contribution in [3.8, 4) is 0 Å². The highest BCUT2D eigenvalue weighted by atomic mass is 32.1. The molecule has 3 rings (SSSR count). The third-order valence-electron chi connectivity index (χ3n) is 3.07. The van der Waals surface area contributed by atoms with Crippen LogP contribution in [0.2, 0.25) is 0 Å². The highest BCUT2D eigenvalue weighted by molar-refractivity contribution is 7.33. The lowest BCUT2D eigenvalue weighted by Crippen LogP contribution is -2.39. The van der Waals surface area contributed by atoms with Crippen molar-refractivity contribution >= 4 is 60.1 Å². The number of imide groups is 1. The summed E-state index contributed by atoms with van der Waals surface area (Å²) in [5.41, 5.74) is 0. The normalized spacial score (nSPS) is 10.7. The van der Waals surface area contributed by atoms with Crippen molar-refractivity contribution in [3.63, 3.8) is 0 Å². The summed E-state index contributed by atoms with van der Waals surface area (Å²) in [6.45, 7) is -0.501. The summed E-state index contributed by atoms with van der Waals surface area (Å²) in [6.07, 6.45) is 0. The van der Waals surface area contributed by atoms with Gasteiger partial charge < -0.3 is 10.1 Å². The van der Waals surface area contributed by atoms with E-state index in [9.17, 15) is 14.4 Å². The Morgan fingerprint density at radius 2 is 1.91 bits per heavy atom. The third kappa shape index (κ3) is 3.17. The van der Waals surface area contributed by atoms with Crippen LogP contribution in [0.25, 0.3) is 19.5 Å². The van der Waals surface area contributed by atoms with Gasteiger partial charge in [-0.1, -0.05) is 18.2 Å². The minimum atomic E-state index is -0.679. The van der Waals surface area contributed by atoms with Crippen molar-refractivity contribution in [2.75, 3.05) is 13.7 Å². The molecule has 0 aliphatic heterocycles. The molecule has 3 aromatic rings. The minimum Gasteiger partial charge on any atom is -0.451 e. The molecule has 1 aromatic carbocycles. The Hall–Kier alpha value is -2.45. The molecule has 0 radical (unpaired) electrons. The number of thiophene rings is 2. The zero-order valence-electron chi connectivity index (χ0n) is 12.0. The van der Waals surface area contributed by atoms with Crippen molar-refractivity contribution in [1.29, 1.82) is 0 Å². The first-order valence-corrected chi connectivity index (χ1v) is 8.31. The van der Waals surface area contributed by atoms with Crippen LogP contribution < -0.4 is 10.6 Å². The van der Waals surface area contributed by atoms with Crippen LogP contribution in [0.15, 0.2) is 30.3 Å².